The van der Waals surface area contributed by atoms with Gasteiger partial charge < -0.3 is 9.84 Å². The predicted octanol–water partition coefficient (Wildman–Crippen LogP) is 4.05. The monoisotopic (exact) mass is 307 g/mol. The van der Waals surface area contributed by atoms with Crippen molar-refractivity contribution >= 4 is 23.3 Å². The summed E-state index contributed by atoms with van der Waals surface area (Å²) in [6.07, 6.45) is 0. The SMILES string of the molecule is Cc1cc(Cl)ccc1Oc1cc(C(=O)O)ccc1[N+](=O)[O-]. The summed E-state index contributed by atoms with van der Waals surface area (Å²) in [7, 11) is 0. The lowest BCUT2D eigenvalue weighted by Crippen LogP contribution is -2.00. The maximum atomic E-state index is 11.0. The van der Waals surface area contributed by atoms with E-state index in [2.05, 4.69) is 0 Å². The van der Waals surface area contributed by atoms with Crippen molar-refractivity contribution in [3.8, 4) is 11.5 Å². The second-order valence-electron chi connectivity index (χ2n) is 4.26. The van der Waals surface area contributed by atoms with E-state index < -0.39 is 10.9 Å². The van der Waals surface area contributed by atoms with Gasteiger partial charge >= 0.3 is 11.7 Å². The summed E-state index contributed by atoms with van der Waals surface area (Å²) in [6, 6.07) is 8.16. The van der Waals surface area contributed by atoms with Gasteiger partial charge in [0.15, 0.2) is 0 Å². The molecular weight excluding hydrogens is 298 g/mol. The number of carboxylic acid groups (broad SMARTS) is 1. The minimum atomic E-state index is -1.19. The Morgan fingerprint density at radius 2 is 1.95 bits per heavy atom. The number of rotatable bonds is 4. The lowest BCUT2D eigenvalue weighted by Gasteiger charge is -2.10. The third kappa shape index (κ3) is 3.29. The Labute approximate surface area is 124 Å². The number of nitro groups is 1. The van der Waals surface area contributed by atoms with Crippen LogP contribution in [0.1, 0.15) is 15.9 Å². The van der Waals surface area contributed by atoms with Gasteiger partial charge in [-0.15, -0.1) is 0 Å². The van der Waals surface area contributed by atoms with Gasteiger partial charge in [0.2, 0.25) is 5.75 Å². The van der Waals surface area contributed by atoms with Crippen LogP contribution in [-0.2, 0) is 0 Å². The van der Waals surface area contributed by atoms with Crippen LogP contribution in [0.15, 0.2) is 36.4 Å². The molecule has 2 aromatic rings. The Hall–Kier alpha value is -2.60. The van der Waals surface area contributed by atoms with Crippen LogP contribution >= 0.6 is 11.6 Å². The Balaban J connectivity index is 2.48. The van der Waals surface area contributed by atoms with Crippen molar-refractivity contribution in [2.45, 2.75) is 6.92 Å². The molecular formula is C14H10ClNO5. The highest BCUT2D eigenvalue weighted by molar-refractivity contribution is 6.30. The molecule has 0 amide bonds. The number of hydrogen-bond acceptors (Lipinski definition) is 4. The number of carbonyl (C=O) groups is 1. The number of carboxylic acids is 1. The fourth-order valence-corrected chi connectivity index (χ4v) is 1.95. The highest BCUT2D eigenvalue weighted by atomic mass is 35.5. The Bertz CT molecular complexity index is 729. The Morgan fingerprint density at radius 3 is 2.52 bits per heavy atom. The number of halogens is 1. The summed E-state index contributed by atoms with van der Waals surface area (Å²) in [6.45, 7) is 1.73. The first kappa shape index (κ1) is 14.8. The maximum Gasteiger partial charge on any atom is 0.335 e. The summed E-state index contributed by atoms with van der Waals surface area (Å²) in [5.41, 5.74) is 0.272. The van der Waals surface area contributed by atoms with E-state index in [0.717, 1.165) is 18.2 Å². The lowest BCUT2D eigenvalue weighted by molar-refractivity contribution is -0.385. The zero-order chi connectivity index (χ0) is 15.6. The molecule has 0 bridgehead atoms. The Morgan fingerprint density at radius 1 is 1.24 bits per heavy atom. The summed E-state index contributed by atoms with van der Waals surface area (Å²) >= 11 is 5.83. The first-order valence-electron chi connectivity index (χ1n) is 5.84. The molecule has 1 N–H and O–H groups in total. The van der Waals surface area contributed by atoms with Crippen molar-refractivity contribution < 1.29 is 19.6 Å². The van der Waals surface area contributed by atoms with E-state index in [9.17, 15) is 14.9 Å². The molecule has 0 aliphatic rings. The van der Waals surface area contributed by atoms with Crippen LogP contribution in [0, 0.1) is 17.0 Å². The largest absolute Gasteiger partial charge is 0.478 e. The van der Waals surface area contributed by atoms with Crippen molar-refractivity contribution in [3.63, 3.8) is 0 Å². The number of aromatic carboxylic acids is 1. The molecule has 0 spiro atoms. The topological polar surface area (TPSA) is 89.7 Å². The number of hydrogen-bond donors (Lipinski definition) is 1. The van der Waals surface area contributed by atoms with Crippen molar-refractivity contribution in [1.82, 2.24) is 0 Å². The molecule has 0 radical (unpaired) electrons. The van der Waals surface area contributed by atoms with Crippen molar-refractivity contribution in [1.29, 1.82) is 0 Å². The molecule has 0 saturated heterocycles. The molecule has 0 unspecified atom stereocenters. The average Bonchev–Trinajstić information content (AvgIpc) is 2.41. The minimum Gasteiger partial charge on any atom is -0.478 e. The van der Waals surface area contributed by atoms with Gasteiger partial charge in [0.25, 0.3) is 0 Å². The normalized spacial score (nSPS) is 10.2. The van der Waals surface area contributed by atoms with E-state index in [1.54, 1.807) is 25.1 Å². The van der Waals surface area contributed by atoms with Gasteiger partial charge in [0, 0.05) is 17.2 Å². The lowest BCUT2D eigenvalue weighted by atomic mass is 10.2. The quantitative estimate of drug-likeness (QED) is 0.680. The van der Waals surface area contributed by atoms with Gasteiger partial charge in [0.1, 0.15) is 5.75 Å². The van der Waals surface area contributed by atoms with Crippen LogP contribution in [0.25, 0.3) is 0 Å². The van der Waals surface area contributed by atoms with Crippen molar-refractivity contribution in [3.05, 3.63) is 62.7 Å². The zero-order valence-electron chi connectivity index (χ0n) is 10.9. The molecule has 0 saturated carbocycles. The van der Waals surface area contributed by atoms with Gasteiger partial charge in [-0.25, -0.2) is 4.79 Å². The van der Waals surface area contributed by atoms with E-state index in [4.69, 9.17) is 21.4 Å². The van der Waals surface area contributed by atoms with Gasteiger partial charge in [-0.1, -0.05) is 11.6 Å². The number of nitro benzene ring substituents is 1. The third-order valence-electron chi connectivity index (χ3n) is 2.76. The molecule has 0 aromatic heterocycles. The second-order valence-corrected chi connectivity index (χ2v) is 4.69. The third-order valence-corrected chi connectivity index (χ3v) is 3.00. The number of ether oxygens (including phenoxy) is 1. The fourth-order valence-electron chi connectivity index (χ4n) is 1.73. The van der Waals surface area contributed by atoms with Crippen LogP contribution in [0.5, 0.6) is 11.5 Å². The molecule has 2 aromatic carbocycles. The molecule has 108 valence electrons. The first-order chi connectivity index (χ1) is 9.88. The molecule has 6 nitrogen and oxygen atoms in total. The number of aryl methyl sites for hydroxylation is 1. The minimum absolute atomic E-state index is 0.0952. The van der Waals surface area contributed by atoms with E-state index >= 15 is 0 Å². The van der Waals surface area contributed by atoms with Crippen LogP contribution in [0.2, 0.25) is 5.02 Å². The molecule has 7 heteroatoms. The van der Waals surface area contributed by atoms with E-state index in [1.807, 2.05) is 0 Å². The van der Waals surface area contributed by atoms with Crippen LogP contribution in [-0.4, -0.2) is 16.0 Å². The summed E-state index contributed by atoms with van der Waals surface area (Å²) < 4.78 is 5.48. The standard InChI is InChI=1S/C14H10ClNO5/c1-8-6-10(15)3-5-12(8)21-13-7-9(14(17)18)2-4-11(13)16(19)20/h2-7H,1H3,(H,17,18). The highest BCUT2D eigenvalue weighted by Gasteiger charge is 2.19. The summed E-state index contributed by atoms with van der Waals surface area (Å²) in [4.78, 5) is 21.3. The maximum absolute atomic E-state index is 11.0. The molecule has 0 atom stereocenters. The predicted molar refractivity (Wildman–Crippen MR) is 76.3 cm³/mol. The second kappa shape index (κ2) is 5.80. The molecule has 2 rings (SSSR count). The van der Waals surface area contributed by atoms with Crippen LogP contribution < -0.4 is 4.74 Å². The van der Waals surface area contributed by atoms with Crippen LogP contribution in [0.4, 0.5) is 5.69 Å². The summed E-state index contributed by atoms with van der Waals surface area (Å²) in [5, 5.41) is 20.5. The van der Waals surface area contributed by atoms with Gasteiger partial charge in [-0.2, -0.15) is 0 Å². The van der Waals surface area contributed by atoms with Crippen molar-refractivity contribution in [2.24, 2.45) is 0 Å². The molecule has 21 heavy (non-hydrogen) atoms. The number of benzene rings is 2. The number of nitrogens with zero attached hydrogens (tertiary/aromatic N) is 1. The van der Waals surface area contributed by atoms with Gasteiger partial charge in [0.05, 0.1) is 10.5 Å². The average molecular weight is 308 g/mol. The smallest absolute Gasteiger partial charge is 0.335 e. The molecule has 0 aliphatic heterocycles. The molecule has 0 fully saturated rings. The van der Waals surface area contributed by atoms with Gasteiger partial charge in [-0.05, 0) is 36.8 Å². The van der Waals surface area contributed by atoms with E-state index in [0.29, 0.717) is 16.3 Å². The Kier molecular flexibility index (Phi) is 4.09. The highest BCUT2D eigenvalue weighted by Crippen LogP contribution is 2.34. The molecule has 0 aliphatic carbocycles. The van der Waals surface area contributed by atoms with E-state index in [1.165, 1.54) is 0 Å². The summed E-state index contributed by atoms with van der Waals surface area (Å²) in [5.74, 6) is -0.960. The van der Waals surface area contributed by atoms with Crippen molar-refractivity contribution in [2.75, 3.05) is 0 Å². The van der Waals surface area contributed by atoms with E-state index in [-0.39, 0.29) is 17.0 Å². The zero-order valence-corrected chi connectivity index (χ0v) is 11.6. The fraction of sp³-hybridized carbons (Fsp3) is 0.0714. The first-order valence-corrected chi connectivity index (χ1v) is 6.22. The van der Waals surface area contributed by atoms with Crippen LogP contribution in [0.3, 0.4) is 0 Å². The molecule has 0 heterocycles. The van der Waals surface area contributed by atoms with Gasteiger partial charge in [-0.3, -0.25) is 10.1 Å².